The number of benzene rings is 2. The van der Waals surface area contributed by atoms with E-state index in [4.69, 9.17) is 4.74 Å². The first-order valence-electron chi connectivity index (χ1n) is 8.36. The molecular formula is C21H19NO4. The molecule has 0 fully saturated rings. The lowest BCUT2D eigenvalue weighted by Crippen LogP contribution is -1.98. The summed E-state index contributed by atoms with van der Waals surface area (Å²) in [6, 6.07) is 12.7. The first-order chi connectivity index (χ1) is 12.3. The lowest BCUT2D eigenvalue weighted by molar-refractivity contribution is -0.385. The van der Waals surface area contributed by atoms with Gasteiger partial charge in [0.15, 0.2) is 0 Å². The van der Waals surface area contributed by atoms with Gasteiger partial charge in [0.05, 0.1) is 10.5 Å². The molecule has 0 amide bonds. The van der Waals surface area contributed by atoms with Gasteiger partial charge < -0.3 is 4.74 Å². The van der Waals surface area contributed by atoms with Gasteiger partial charge in [-0.15, -0.1) is 0 Å². The van der Waals surface area contributed by atoms with Crippen molar-refractivity contribution in [2.45, 2.75) is 26.7 Å². The van der Waals surface area contributed by atoms with E-state index in [1.165, 1.54) is 11.6 Å². The first kappa shape index (κ1) is 17.6. The molecule has 0 aliphatic carbocycles. The number of ether oxygens (including phenoxy) is 1. The molecular weight excluding hydrogens is 330 g/mol. The lowest BCUT2D eigenvalue weighted by atomic mass is 10.0. The quantitative estimate of drug-likeness (QED) is 0.337. The van der Waals surface area contributed by atoms with Crippen molar-refractivity contribution < 1.29 is 14.5 Å². The highest BCUT2D eigenvalue weighted by atomic mass is 16.6. The van der Waals surface area contributed by atoms with E-state index in [-0.39, 0.29) is 5.69 Å². The molecule has 0 N–H and O–H groups in total. The van der Waals surface area contributed by atoms with Crippen LogP contribution in [-0.4, -0.2) is 10.9 Å². The standard InChI is InChI=1S/C21H19NO4/c1-13(2)16-6-8-17(9-7-16)20-12-18(21(23)26-20)10-15-5-4-14(3)19(11-15)22(24)25/h4-13H,1-3H3/b18-10+. The Morgan fingerprint density at radius 2 is 1.81 bits per heavy atom. The zero-order valence-electron chi connectivity index (χ0n) is 14.9. The van der Waals surface area contributed by atoms with Crippen LogP contribution in [0.3, 0.4) is 0 Å². The molecule has 5 nitrogen and oxygen atoms in total. The molecule has 2 aromatic rings. The topological polar surface area (TPSA) is 69.4 Å². The Morgan fingerprint density at radius 1 is 1.12 bits per heavy atom. The fraction of sp³-hybridized carbons (Fsp3) is 0.190. The molecule has 2 aromatic carbocycles. The van der Waals surface area contributed by atoms with Crippen molar-refractivity contribution in [2.75, 3.05) is 0 Å². The molecule has 0 bridgehead atoms. The molecule has 3 rings (SSSR count). The van der Waals surface area contributed by atoms with Crippen molar-refractivity contribution in [1.82, 2.24) is 0 Å². The van der Waals surface area contributed by atoms with Crippen LogP contribution in [0.5, 0.6) is 0 Å². The summed E-state index contributed by atoms with van der Waals surface area (Å²) < 4.78 is 5.35. The van der Waals surface area contributed by atoms with Crippen molar-refractivity contribution in [3.8, 4) is 0 Å². The predicted molar refractivity (Wildman–Crippen MR) is 100 cm³/mol. The summed E-state index contributed by atoms with van der Waals surface area (Å²) in [7, 11) is 0. The number of hydrogen-bond acceptors (Lipinski definition) is 4. The highest BCUT2D eigenvalue weighted by molar-refractivity contribution is 6.05. The minimum absolute atomic E-state index is 0.0270. The number of rotatable bonds is 4. The molecule has 132 valence electrons. The smallest absolute Gasteiger partial charge is 0.343 e. The molecule has 0 spiro atoms. The van der Waals surface area contributed by atoms with Gasteiger partial charge in [-0.05, 0) is 36.1 Å². The fourth-order valence-corrected chi connectivity index (χ4v) is 2.76. The SMILES string of the molecule is Cc1ccc(/C=C2\C=C(c3ccc(C(C)C)cc3)OC2=O)cc1[N+](=O)[O-]. The number of nitro groups is 1. The Labute approximate surface area is 151 Å². The first-order valence-corrected chi connectivity index (χ1v) is 8.36. The second-order valence-electron chi connectivity index (χ2n) is 6.58. The maximum atomic E-state index is 12.1. The summed E-state index contributed by atoms with van der Waals surface area (Å²) in [5.74, 6) is 0.450. The predicted octanol–water partition coefficient (Wildman–Crippen LogP) is 5.01. The van der Waals surface area contributed by atoms with Crippen molar-refractivity contribution in [2.24, 2.45) is 0 Å². The third-order valence-electron chi connectivity index (χ3n) is 4.34. The molecule has 0 unspecified atom stereocenters. The van der Waals surface area contributed by atoms with Gasteiger partial charge in [-0.2, -0.15) is 0 Å². The normalized spacial score (nSPS) is 15.3. The van der Waals surface area contributed by atoms with Crippen LogP contribution in [-0.2, 0) is 9.53 Å². The second-order valence-corrected chi connectivity index (χ2v) is 6.58. The van der Waals surface area contributed by atoms with Crippen LogP contribution < -0.4 is 0 Å². The van der Waals surface area contributed by atoms with E-state index in [2.05, 4.69) is 13.8 Å². The minimum atomic E-state index is -0.462. The number of cyclic esters (lactones) is 1. The van der Waals surface area contributed by atoms with Gasteiger partial charge in [-0.3, -0.25) is 10.1 Å². The number of aryl methyl sites for hydroxylation is 1. The van der Waals surface area contributed by atoms with E-state index in [1.54, 1.807) is 31.2 Å². The summed E-state index contributed by atoms with van der Waals surface area (Å²) >= 11 is 0. The Bertz CT molecular complexity index is 937. The molecule has 0 atom stereocenters. The summed E-state index contributed by atoms with van der Waals surface area (Å²) in [5, 5.41) is 11.1. The van der Waals surface area contributed by atoms with E-state index in [1.807, 2.05) is 24.3 Å². The monoisotopic (exact) mass is 349 g/mol. The highest BCUT2D eigenvalue weighted by Gasteiger charge is 2.22. The number of nitrogens with zero attached hydrogens (tertiary/aromatic N) is 1. The average Bonchev–Trinajstić information content (AvgIpc) is 2.97. The van der Waals surface area contributed by atoms with Crippen LogP contribution in [0.25, 0.3) is 11.8 Å². The van der Waals surface area contributed by atoms with Crippen molar-refractivity contribution in [3.63, 3.8) is 0 Å². The Morgan fingerprint density at radius 3 is 2.42 bits per heavy atom. The van der Waals surface area contributed by atoms with Crippen LogP contribution in [0.1, 0.15) is 42.0 Å². The van der Waals surface area contributed by atoms with Gasteiger partial charge in [-0.25, -0.2) is 4.79 Å². The third kappa shape index (κ3) is 3.57. The summed E-state index contributed by atoms with van der Waals surface area (Å²) in [5.41, 5.74) is 3.59. The molecule has 0 saturated carbocycles. The van der Waals surface area contributed by atoms with Gasteiger partial charge in [0.25, 0.3) is 5.69 Å². The van der Waals surface area contributed by atoms with E-state index in [9.17, 15) is 14.9 Å². The summed E-state index contributed by atoms with van der Waals surface area (Å²) in [6.45, 7) is 5.91. The van der Waals surface area contributed by atoms with Crippen LogP contribution in [0.4, 0.5) is 5.69 Å². The van der Waals surface area contributed by atoms with E-state index in [0.29, 0.717) is 28.4 Å². The maximum Gasteiger partial charge on any atom is 0.343 e. The largest absolute Gasteiger partial charge is 0.422 e. The summed E-state index contributed by atoms with van der Waals surface area (Å²) in [6.07, 6.45) is 3.27. The van der Waals surface area contributed by atoms with Crippen LogP contribution >= 0.6 is 0 Å². The van der Waals surface area contributed by atoms with Gasteiger partial charge in [0.1, 0.15) is 5.76 Å². The van der Waals surface area contributed by atoms with Crippen LogP contribution in [0.15, 0.2) is 54.1 Å². The Kier molecular flexibility index (Phi) is 4.71. The molecule has 0 aromatic heterocycles. The zero-order valence-corrected chi connectivity index (χ0v) is 14.9. The van der Waals surface area contributed by atoms with Gasteiger partial charge in [-0.1, -0.05) is 50.2 Å². The number of carbonyl (C=O) groups is 1. The van der Waals surface area contributed by atoms with Crippen molar-refractivity contribution >= 4 is 23.5 Å². The van der Waals surface area contributed by atoms with Crippen molar-refractivity contribution in [1.29, 1.82) is 0 Å². The maximum absolute atomic E-state index is 12.1. The number of carbonyl (C=O) groups excluding carboxylic acids is 1. The van der Waals surface area contributed by atoms with E-state index < -0.39 is 10.9 Å². The molecule has 0 saturated heterocycles. The third-order valence-corrected chi connectivity index (χ3v) is 4.34. The molecule has 1 heterocycles. The van der Waals surface area contributed by atoms with Gasteiger partial charge in [0, 0.05) is 17.2 Å². The van der Waals surface area contributed by atoms with Gasteiger partial charge in [0.2, 0.25) is 0 Å². The number of nitro benzene ring substituents is 1. The lowest BCUT2D eigenvalue weighted by Gasteiger charge is -2.06. The molecule has 1 aliphatic heterocycles. The average molecular weight is 349 g/mol. The number of esters is 1. The van der Waals surface area contributed by atoms with E-state index >= 15 is 0 Å². The van der Waals surface area contributed by atoms with Crippen LogP contribution in [0, 0.1) is 17.0 Å². The van der Waals surface area contributed by atoms with Crippen LogP contribution in [0.2, 0.25) is 0 Å². The second kappa shape index (κ2) is 6.96. The van der Waals surface area contributed by atoms with E-state index in [0.717, 1.165) is 5.56 Å². The van der Waals surface area contributed by atoms with Crippen molar-refractivity contribution in [3.05, 3.63) is 86.5 Å². The number of hydrogen-bond donors (Lipinski definition) is 0. The minimum Gasteiger partial charge on any atom is -0.422 e. The molecule has 0 radical (unpaired) electrons. The fourth-order valence-electron chi connectivity index (χ4n) is 2.76. The summed E-state index contributed by atoms with van der Waals surface area (Å²) in [4.78, 5) is 22.8. The molecule has 5 heteroatoms. The molecule has 1 aliphatic rings. The molecule has 26 heavy (non-hydrogen) atoms. The van der Waals surface area contributed by atoms with Gasteiger partial charge >= 0.3 is 5.97 Å². The highest BCUT2D eigenvalue weighted by Crippen LogP contribution is 2.29. The Balaban J connectivity index is 1.91. The Hall–Kier alpha value is -3.21. The zero-order chi connectivity index (χ0) is 18.8.